The third-order valence-electron chi connectivity index (χ3n) is 4.34. The van der Waals surface area contributed by atoms with Gasteiger partial charge < -0.3 is 19.5 Å². The van der Waals surface area contributed by atoms with Gasteiger partial charge in [-0.1, -0.05) is 23.7 Å². The molecule has 1 saturated heterocycles. The number of carbonyl (C=O) groups is 3. The van der Waals surface area contributed by atoms with E-state index in [9.17, 15) is 14.4 Å². The van der Waals surface area contributed by atoms with E-state index in [1.807, 2.05) is 12.1 Å². The zero-order chi connectivity index (χ0) is 22.5. The van der Waals surface area contributed by atoms with Crippen LogP contribution < -0.4 is 14.8 Å². The average Bonchev–Trinajstić information content (AvgIpc) is 3.01. The van der Waals surface area contributed by atoms with Gasteiger partial charge >= 0.3 is 12.0 Å². The number of carbonyl (C=O) groups excluding carboxylic acids is 3. The van der Waals surface area contributed by atoms with E-state index in [4.69, 9.17) is 21.1 Å². The molecule has 31 heavy (non-hydrogen) atoms. The van der Waals surface area contributed by atoms with Crippen LogP contribution in [-0.4, -0.2) is 43.6 Å². The second-order valence-electron chi connectivity index (χ2n) is 6.40. The number of amides is 3. The molecule has 8 nitrogen and oxygen atoms in total. The summed E-state index contributed by atoms with van der Waals surface area (Å²) < 4.78 is 16.6. The molecule has 1 heterocycles. The minimum absolute atomic E-state index is 0.0431. The molecule has 2 aromatic rings. The molecule has 0 atom stereocenters. The normalized spacial score (nSPS) is 14.6. The summed E-state index contributed by atoms with van der Waals surface area (Å²) in [6, 6.07) is 10.1. The van der Waals surface area contributed by atoms with Crippen LogP contribution in [0.3, 0.4) is 0 Å². The van der Waals surface area contributed by atoms with Crippen LogP contribution in [0.2, 0.25) is 5.02 Å². The predicted octanol–water partition coefficient (Wildman–Crippen LogP) is 3.60. The maximum Gasteiger partial charge on any atom is 0.329 e. The van der Waals surface area contributed by atoms with Crippen LogP contribution in [0.15, 0.2) is 42.1 Å². The molecule has 0 aliphatic carbocycles. The third kappa shape index (κ3) is 5.47. The molecule has 1 aliphatic heterocycles. The van der Waals surface area contributed by atoms with Crippen molar-refractivity contribution >= 4 is 58.2 Å². The Morgan fingerprint density at radius 3 is 2.55 bits per heavy atom. The van der Waals surface area contributed by atoms with Crippen molar-refractivity contribution in [2.24, 2.45) is 0 Å². The quantitative estimate of drug-likeness (QED) is 0.242. The van der Waals surface area contributed by atoms with Gasteiger partial charge in [0.25, 0.3) is 5.91 Å². The van der Waals surface area contributed by atoms with Crippen LogP contribution in [0.4, 0.5) is 4.79 Å². The van der Waals surface area contributed by atoms with E-state index in [2.05, 4.69) is 32.6 Å². The lowest BCUT2D eigenvalue weighted by atomic mass is 10.1. The Kier molecular flexibility index (Phi) is 7.39. The molecule has 162 valence electrons. The highest BCUT2D eigenvalue weighted by molar-refractivity contribution is 14.1. The topological polar surface area (TPSA) is 94.2 Å². The summed E-state index contributed by atoms with van der Waals surface area (Å²) in [5.74, 6) is -0.291. The number of nitrogens with one attached hydrogen (secondary N) is 1. The Balaban J connectivity index is 1.80. The summed E-state index contributed by atoms with van der Waals surface area (Å²) in [6.07, 6.45) is 1.51. The van der Waals surface area contributed by atoms with Gasteiger partial charge in [-0.15, -0.1) is 0 Å². The van der Waals surface area contributed by atoms with Crippen molar-refractivity contribution in [3.8, 4) is 11.5 Å². The molecule has 0 unspecified atom stereocenters. The van der Waals surface area contributed by atoms with E-state index in [1.165, 1.54) is 20.3 Å². The summed E-state index contributed by atoms with van der Waals surface area (Å²) in [4.78, 5) is 36.7. The van der Waals surface area contributed by atoms with Gasteiger partial charge in [-0.05, 0) is 64.1 Å². The number of imide groups is 1. The maximum absolute atomic E-state index is 12.5. The smallest absolute Gasteiger partial charge is 0.329 e. The predicted molar refractivity (Wildman–Crippen MR) is 122 cm³/mol. The van der Waals surface area contributed by atoms with Crippen LogP contribution >= 0.6 is 34.2 Å². The van der Waals surface area contributed by atoms with Gasteiger partial charge in [-0.25, -0.2) is 9.69 Å². The number of urea groups is 1. The fourth-order valence-electron chi connectivity index (χ4n) is 2.77. The molecule has 10 heteroatoms. The number of hydrogen-bond acceptors (Lipinski definition) is 6. The van der Waals surface area contributed by atoms with E-state index in [-0.39, 0.29) is 5.70 Å². The van der Waals surface area contributed by atoms with Gasteiger partial charge in [0.2, 0.25) is 0 Å². The van der Waals surface area contributed by atoms with Crippen LogP contribution in [0.25, 0.3) is 6.08 Å². The van der Waals surface area contributed by atoms with Crippen LogP contribution in [-0.2, 0) is 20.9 Å². The fourth-order valence-corrected chi connectivity index (χ4v) is 3.68. The van der Waals surface area contributed by atoms with Crippen molar-refractivity contribution in [2.45, 2.75) is 6.61 Å². The van der Waals surface area contributed by atoms with Crippen molar-refractivity contribution in [1.29, 1.82) is 0 Å². The second-order valence-corrected chi connectivity index (χ2v) is 8.00. The first kappa shape index (κ1) is 22.9. The summed E-state index contributed by atoms with van der Waals surface area (Å²) >= 11 is 8.01. The van der Waals surface area contributed by atoms with Gasteiger partial charge in [0.15, 0.2) is 11.5 Å². The highest BCUT2D eigenvalue weighted by atomic mass is 127. The van der Waals surface area contributed by atoms with E-state index < -0.39 is 24.5 Å². The van der Waals surface area contributed by atoms with Crippen molar-refractivity contribution in [2.75, 3.05) is 20.8 Å². The first-order valence-electron chi connectivity index (χ1n) is 8.98. The van der Waals surface area contributed by atoms with Crippen molar-refractivity contribution in [3.63, 3.8) is 0 Å². The van der Waals surface area contributed by atoms with Crippen LogP contribution in [0, 0.1) is 3.57 Å². The second kappa shape index (κ2) is 10.0. The lowest BCUT2D eigenvalue weighted by Crippen LogP contribution is -2.36. The number of benzene rings is 2. The molecular formula is C21H18ClIN2O6. The first-order valence-corrected chi connectivity index (χ1v) is 10.4. The maximum atomic E-state index is 12.5. The number of rotatable bonds is 7. The lowest BCUT2D eigenvalue weighted by Gasteiger charge is -2.14. The Hall–Kier alpha value is -2.79. The van der Waals surface area contributed by atoms with Gasteiger partial charge in [0.1, 0.15) is 18.8 Å². The van der Waals surface area contributed by atoms with Crippen LogP contribution in [0.5, 0.6) is 11.5 Å². The Morgan fingerprint density at radius 2 is 1.90 bits per heavy atom. The minimum atomic E-state index is -0.692. The summed E-state index contributed by atoms with van der Waals surface area (Å²) in [7, 11) is 2.69. The highest BCUT2D eigenvalue weighted by Crippen LogP contribution is 2.35. The Bertz CT molecular complexity index is 1050. The van der Waals surface area contributed by atoms with Crippen LogP contribution in [0.1, 0.15) is 11.1 Å². The van der Waals surface area contributed by atoms with Gasteiger partial charge in [-0.3, -0.25) is 9.59 Å². The number of hydrogen-bond donors (Lipinski definition) is 1. The first-order chi connectivity index (χ1) is 14.8. The highest BCUT2D eigenvalue weighted by Gasteiger charge is 2.35. The zero-order valence-corrected chi connectivity index (χ0v) is 19.5. The average molecular weight is 557 g/mol. The fraction of sp³-hybridized carbons (Fsp3) is 0.190. The summed E-state index contributed by atoms with van der Waals surface area (Å²) in [5, 5.41) is 3.11. The summed E-state index contributed by atoms with van der Waals surface area (Å²) in [6.45, 7) is -0.141. The van der Waals surface area contributed by atoms with E-state index >= 15 is 0 Å². The van der Waals surface area contributed by atoms with Gasteiger partial charge in [0, 0.05) is 5.02 Å². The Labute approximate surface area is 197 Å². The van der Waals surface area contributed by atoms with Gasteiger partial charge in [-0.2, -0.15) is 0 Å². The molecule has 0 radical (unpaired) electrons. The molecule has 2 aromatic carbocycles. The molecule has 0 saturated carbocycles. The number of ether oxygens (including phenoxy) is 3. The molecule has 0 bridgehead atoms. The van der Waals surface area contributed by atoms with E-state index in [0.717, 1.165) is 14.0 Å². The molecule has 1 aliphatic rings. The van der Waals surface area contributed by atoms with E-state index in [1.54, 1.807) is 24.3 Å². The van der Waals surface area contributed by atoms with E-state index in [0.29, 0.717) is 28.7 Å². The van der Waals surface area contributed by atoms with Crippen molar-refractivity contribution < 1.29 is 28.6 Å². The summed E-state index contributed by atoms with van der Waals surface area (Å²) in [5.41, 5.74) is 1.60. The monoisotopic (exact) mass is 556 g/mol. The molecule has 3 rings (SSSR count). The molecule has 0 aromatic heterocycles. The molecule has 3 amide bonds. The standard InChI is InChI=1S/C21H18ClIN2O6/c1-29-17-9-13(8-16-20(27)25(21(28)24-16)10-18(26)30-2)7-15(23)19(17)31-11-12-3-5-14(22)6-4-12/h3-9H,10-11H2,1-2H3,(H,24,28)/b16-8-. The molecule has 1 fully saturated rings. The lowest BCUT2D eigenvalue weighted by molar-refractivity contribution is -0.143. The number of nitrogens with zero attached hydrogens (tertiary/aromatic N) is 1. The third-order valence-corrected chi connectivity index (χ3v) is 5.39. The number of methoxy groups -OCH3 is 2. The van der Waals surface area contributed by atoms with Gasteiger partial charge in [0.05, 0.1) is 17.8 Å². The largest absolute Gasteiger partial charge is 0.493 e. The SMILES string of the molecule is COC(=O)CN1C(=O)N/C(=C\c2cc(I)c(OCc3ccc(Cl)cc3)c(OC)c2)C1=O. The minimum Gasteiger partial charge on any atom is -0.493 e. The molecule has 1 N–H and O–H groups in total. The Morgan fingerprint density at radius 1 is 1.19 bits per heavy atom. The molecular weight excluding hydrogens is 539 g/mol. The van der Waals surface area contributed by atoms with Crippen molar-refractivity contribution in [1.82, 2.24) is 10.2 Å². The molecule has 0 spiro atoms. The van der Waals surface area contributed by atoms with Crippen molar-refractivity contribution in [3.05, 3.63) is 61.8 Å². The zero-order valence-electron chi connectivity index (χ0n) is 16.6. The number of halogens is 2. The number of esters is 1.